The lowest BCUT2D eigenvalue weighted by Crippen LogP contribution is -2.55. The van der Waals surface area contributed by atoms with E-state index in [2.05, 4.69) is 5.32 Å². The first-order valence-corrected chi connectivity index (χ1v) is 10.9. The van der Waals surface area contributed by atoms with E-state index in [1.807, 2.05) is 62.4 Å². The van der Waals surface area contributed by atoms with Gasteiger partial charge >= 0.3 is 5.97 Å². The minimum atomic E-state index is -0.236. The van der Waals surface area contributed by atoms with Crippen LogP contribution in [-0.4, -0.2) is 42.5 Å². The van der Waals surface area contributed by atoms with Crippen LogP contribution < -0.4 is 5.32 Å². The Labute approximate surface area is 179 Å². The molecule has 0 spiro atoms. The number of likely N-dealkylation sites (tertiary alicyclic amines) is 1. The smallest absolute Gasteiger partial charge is 0.362 e. The molecule has 0 atom stereocenters. The highest BCUT2D eigenvalue weighted by atomic mass is 16.5. The van der Waals surface area contributed by atoms with Crippen molar-refractivity contribution in [3.05, 3.63) is 65.2 Å². The number of hydrogen-bond acceptors (Lipinski definition) is 3. The highest BCUT2D eigenvalue weighted by Gasteiger charge is 2.34. The molecule has 1 fully saturated rings. The fourth-order valence-electron chi connectivity index (χ4n) is 4.28. The maximum Gasteiger partial charge on any atom is 0.362 e. The quantitative estimate of drug-likeness (QED) is 0.546. The predicted octanol–water partition coefficient (Wildman–Crippen LogP) is 4.38. The highest BCUT2D eigenvalue weighted by molar-refractivity contribution is 5.93. The van der Waals surface area contributed by atoms with Crippen LogP contribution in [-0.2, 0) is 20.9 Å². The molecule has 1 N–H and O–H groups in total. The number of carbonyl (C=O) groups excluding carboxylic acids is 2. The van der Waals surface area contributed by atoms with Gasteiger partial charge in [-0.05, 0) is 56.2 Å². The van der Waals surface area contributed by atoms with E-state index in [1.54, 1.807) is 0 Å². The lowest BCUT2D eigenvalue weighted by Gasteiger charge is -2.36. The first-order chi connectivity index (χ1) is 14.5. The minimum absolute atomic E-state index is 0.0369. The van der Waals surface area contributed by atoms with Crippen LogP contribution in [0.15, 0.2) is 48.5 Å². The number of carbonyl (C=O) groups is 2. The van der Waals surface area contributed by atoms with Crippen molar-refractivity contribution in [1.82, 2.24) is 0 Å². The number of quaternary nitrogens is 1. The normalized spacial score (nSPS) is 15.8. The van der Waals surface area contributed by atoms with Gasteiger partial charge in [0, 0.05) is 5.69 Å². The summed E-state index contributed by atoms with van der Waals surface area (Å²) < 4.78 is 6.03. The van der Waals surface area contributed by atoms with Gasteiger partial charge in [0.25, 0.3) is 5.91 Å². The van der Waals surface area contributed by atoms with Crippen LogP contribution in [0.1, 0.15) is 42.4 Å². The van der Waals surface area contributed by atoms with Crippen molar-refractivity contribution in [1.29, 1.82) is 0 Å². The van der Waals surface area contributed by atoms with Crippen molar-refractivity contribution in [2.45, 2.75) is 46.1 Å². The topological polar surface area (TPSA) is 55.4 Å². The zero-order chi connectivity index (χ0) is 21.4. The summed E-state index contributed by atoms with van der Waals surface area (Å²) in [4.78, 5) is 25.7. The fourth-order valence-corrected chi connectivity index (χ4v) is 4.28. The van der Waals surface area contributed by atoms with Gasteiger partial charge < -0.3 is 14.5 Å². The van der Waals surface area contributed by atoms with Crippen molar-refractivity contribution >= 4 is 17.6 Å². The Bertz CT molecular complexity index is 836. The second-order valence-electron chi connectivity index (χ2n) is 8.48. The molecule has 2 aromatic rings. The maximum absolute atomic E-state index is 13.0. The van der Waals surface area contributed by atoms with Gasteiger partial charge in [0.1, 0.15) is 6.61 Å². The van der Waals surface area contributed by atoms with Crippen LogP contribution in [0.5, 0.6) is 0 Å². The highest BCUT2D eigenvalue weighted by Crippen LogP contribution is 2.22. The molecule has 5 heteroatoms. The predicted molar refractivity (Wildman–Crippen MR) is 119 cm³/mol. The molecule has 1 aliphatic heterocycles. The van der Waals surface area contributed by atoms with E-state index in [4.69, 9.17) is 4.74 Å². The van der Waals surface area contributed by atoms with Crippen molar-refractivity contribution in [3.63, 3.8) is 0 Å². The Morgan fingerprint density at radius 1 is 0.867 bits per heavy atom. The number of esters is 1. The lowest BCUT2D eigenvalue weighted by molar-refractivity contribution is -0.913. The molecule has 30 heavy (non-hydrogen) atoms. The van der Waals surface area contributed by atoms with E-state index >= 15 is 0 Å². The van der Waals surface area contributed by atoms with Crippen molar-refractivity contribution < 1.29 is 18.8 Å². The number of ether oxygens (including phenoxy) is 1. The van der Waals surface area contributed by atoms with E-state index in [-0.39, 0.29) is 25.0 Å². The van der Waals surface area contributed by atoms with Crippen molar-refractivity contribution in [2.24, 2.45) is 0 Å². The number of nitrogens with zero attached hydrogens (tertiary/aromatic N) is 1. The molecule has 0 aliphatic carbocycles. The molecule has 5 nitrogen and oxygen atoms in total. The largest absolute Gasteiger partial charge is 0.457 e. The van der Waals surface area contributed by atoms with Crippen LogP contribution in [0.25, 0.3) is 0 Å². The van der Waals surface area contributed by atoms with Crippen molar-refractivity contribution in [3.8, 4) is 0 Å². The minimum Gasteiger partial charge on any atom is -0.457 e. The number of rotatable bonds is 7. The Kier molecular flexibility index (Phi) is 7.63. The molecule has 1 aliphatic rings. The number of benzene rings is 2. The molecular weight excluding hydrogens is 376 g/mol. The molecule has 0 bridgehead atoms. The van der Waals surface area contributed by atoms with E-state index in [1.165, 1.54) is 0 Å². The Balaban J connectivity index is 1.66. The van der Waals surface area contributed by atoms with Crippen LogP contribution >= 0.6 is 0 Å². The molecule has 2 aromatic carbocycles. The van der Waals surface area contributed by atoms with Gasteiger partial charge in [-0.2, -0.15) is 0 Å². The summed E-state index contributed by atoms with van der Waals surface area (Å²) in [7, 11) is 0. The number of anilines is 1. The average Bonchev–Trinajstić information content (AvgIpc) is 2.95. The van der Waals surface area contributed by atoms with Gasteiger partial charge in [0.2, 0.25) is 0 Å². The van der Waals surface area contributed by atoms with Crippen LogP contribution in [0.2, 0.25) is 0 Å². The fraction of sp³-hybridized carbons (Fsp3) is 0.440. The van der Waals surface area contributed by atoms with Crippen LogP contribution in [0.3, 0.4) is 0 Å². The zero-order valence-corrected chi connectivity index (χ0v) is 18.2. The van der Waals surface area contributed by atoms with Crippen molar-refractivity contribution in [2.75, 3.05) is 31.5 Å². The first kappa shape index (κ1) is 22.0. The average molecular weight is 410 g/mol. The molecule has 160 valence electrons. The standard InChI is InChI=1S/C25H32N2O3/c1-20-11-10-12-21(2)25(20)26-23(28)17-27(15-8-3-4-9-16-27)18-24(29)30-19-22-13-6-5-7-14-22/h5-7,10-14H,3-4,8-9,15-19H2,1-2H3/p+1. The monoisotopic (exact) mass is 409 g/mol. The third kappa shape index (κ3) is 6.17. The van der Waals surface area contributed by atoms with E-state index < -0.39 is 0 Å². The van der Waals surface area contributed by atoms with Crippen LogP contribution in [0.4, 0.5) is 5.69 Å². The number of para-hydroxylation sites is 1. The molecule has 3 rings (SSSR count). The third-order valence-electron chi connectivity index (χ3n) is 5.95. The van der Waals surface area contributed by atoms with Gasteiger partial charge in [0.05, 0.1) is 13.1 Å². The van der Waals surface area contributed by atoms with E-state index in [0.717, 1.165) is 61.2 Å². The van der Waals surface area contributed by atoms with E-state index in [9.17, 15) is 9.59 Å². The maximum atomic E-state index is 13.0. The molecule has 1 amide bonds. The zero-order valence-electron chi connectivity index (χ0n) is 18.2. The SMILES string of the molecule is Cc1cccc(C)c1NC(=O)C[N+]1(CC(=O)OCc2ccccc2)CCCCCC1. The molecule has 1 heterocycles. The molecule has 0 unspecified atom stereocenters. The summed E-state index contributed by atoms with van der Waals surface area (Å²) in [5.41, 5.74) is 3.95. The number of amides is 1. The summed E-state index contributed by atoms with van der Waals surface area (Å²) in [6, 6.07) is 15.7. The summed E-state index contributed by atoms with van der Waals surface area (Å²) >= 11 is 0. The molecule has 0 aromatic heterocycles. The number of aryl methyl sites for hydroxylation is 2. The summed E-state index contributed by atoms with van der Waals surface area (Å²) in [6.07, 6.45) is 4.36. The van der Waals surface area contributed by atoms with Gasteiger partial charge in [-0.25, -0.2) is 4.79 Å². The summed E-state index contributed by atoms with van der Waals surface area (Å²) in [5.74, 6) is -0.272. The van der Waals surface area contributed by atoms with Gasteiger partial charge in [0.15, 0.2) is 13.1 Å². The van der Waals surface area contributed by atoms with Gasteiger partial charge in [-0.15, -0.1) is 0 Å². The van der Waals surface area contributed by atoms with Gasteiger partial charge in [-0.3, -0.25) is 4.79 Å². The third-order valence-corrected chi connectivity index (χ3v) is 5.95. The first-order valence-electron chi connectivity index (χ1n) is 10.9. The Morgan fingerprint density at radius 3 is 2.13 bits per heavy atom. The second-order valence-corrected chi connectivity index (χ2v) is 8.48. The lowest BCUT2D eigenvalue weighted by atomic mass is 10.1. The Morgan fingerprint density at radius 2 is 1.50 bits per heavy atom. The Hall–Kier alpha value is -2.66. The molecule has 1 saturated heterocycles. The van der Waals surface area contributed by atoms with E-state index in [0.29, 0.717) is 11.0 Å². The second kappa shape index (κ2) is 10.4. The molecule has 0 saturated carbocycles. The summed E-state index contributed by atoms with van der Waals surface area (Å²) in [6.45, 7) is 6.48. The summed E-state index contributed by atoms with van der Waals surface area (Å²) in [5, 5.41) is 3.10. The number of hydrogen-bond donors (Lipinski definition) is 1. The van der Waals surface area contributed by atoms with Gasteiger partial charge in [-0.1, -0.05) is 48.5 Å². The number of nitrogens with one attached hydrogen (secondary N) is 1. The molecule has 0 radical (unpaired) electrons. The van der Waals surface area contributed by atoms with Crippen LogP contribution in [0, 0.1) is 13.8 Å². The molecular formula is C25H33N2O3+.